The molecular weight excluding hydrogens is 244 g/mol. The molecule has 2 aromatic rings. The van der Waals surface area contributed by atoms with Gasteiger partial charge in [-0.15, -0.1) is 0 Å². The highest BCUT2D eigenvalue weighted by Crippen LogP contribution is 2.09. The van der Waals surface area contributed by atoms with Crippen molar-refractivity contribution in [1.82, 2.24) is 15.3 Å². The Morgan fingerprint density at radius 1 is 1.53 bits per heavy atom. The molecule has 1 unspecified atom stereocenters. The molecule has 0 aliphatic carbocycles. The molecule has 0 fully saturated rings. The van der Waals surface area contributed by atoms with Crippen molar-refractivity contribution in [3.8, 4) is 0 Å². The average molecular weight is 262 g/mol. The minimum atomic E-state index is -0.240. The third kappa shape index (κ3) is 3.52. The SMILES string of the molecule is COC(CN)CC(=O)NCc1nc2ccccc2[nH]1. The number of fused-ring (bicyclic) bond motifs is 1. The highest BCUT2D eigenvalue weighted by molar-refractivity contribution is 5.77. The van der Waals surface area contributed by atoms with Gasteiger partial charge >= 0.3 is 0 Å². The van der Waals surface area contributed by atoms with Crippen LogP contribution in [0, 0.1) is 0 Å². The Labute approximate surface area is 111 Å². The van der Waals surface area contributed by atoms with E-state index in [-0.39, 0.29) is 18.4 Å². The lowest BCUT2D eigenvalue weighted by Gasteiger charge is -2.11. The monoisotopic (exact) mass is 262 g/mol. The number of H-pyrrole nitrogens is 1. The van der Waals surface area contributed by atoms with Crippen molar-refractivity contribution in [2.75, 3.05) is 13.7 Å². The first-order valence-electron chi connectivity index (χ1n) is 6.16. The Balaban J connectivity index is 1.89. The summed E-state index contributed by atoms with van der Waals surface area (Å²) in [4.78, 5) is 19.2. The van der Waals surface area contributed by atoms with E-state index in [1.165, 1.54) is 0 Å². The molecule has 0 saturated carbocycles. The number of aromatic nitrogens is 2. The van der Waals surface area contributed by atoms with Gasteiger partial charge in [-0.25, -0.2) is 4.98 Å². The predicted molar refractivity (Wildman–Crippen MR) is 72.4 cm³/mol. The number of aromatic amines is 1. The molecule has 102 valence electrons. The summed E-state index contributed by atoms with van der Waals surface area (Å²) in [6.45, 7) is 0.697. The van der Waals surface area contributed by atoms with E-state index in [1.807, 2.05) is 24.3 Å². The van der Waals surface area contributed by atoms with E-state index >= 15 is 0 Å². The highest BCUT2D eigenvalue weighted by Gasteiger charge is 2.11. The maximum absolute atomic E-state index is 11.7. The van der Waals surface area contributed by atoms with Gasteiger partial charge in [0.15, 0.2) is 0 Å². The molecule has 6 nitrogen and oxygen atoms in total. The van der Waals surface area contributed by atoms with Crippen molar-refractivity contribution < 1.29 is 9.53 Å². The van der Waals surface area contributed by atoms with E-state index in [9.17, 15) is 4.79 Å². The number of para-hydroxylation sites is 2. The lowest BCUT2D eigenvalue weighted by atomic mass is 10.2. The highest BCUT2D eigenvalue weighted by atomic mass is 16.5. The number of benzene rings is 1. The van der Waals surface area contributed by atoms with Crippen LogP contribution in [-0.2, 0) is 16.1 Å². The van der Waals surface area contributed by atoms with E-state index < -0.39 is 0 Å². The number of carbonyl (C=O) groups excluding carboxylic acids is 1. The summed E-state index contributed by atoms with van der Waals surface area (Å²) >= 11 is 0. The van der Waals surface area contributed by atoms with Crippen molar-refractivity contribution in [3.05, 3.63) is 30.1 Å². The molecule has 0 aliphatic heterocycles. The smallest absolute Gasteiger partial charge is 0.223 e. The van der Waals surface area contributed by atoms with Gasteiger partial charge < -0.3 is 20.8 Å². The number of nitrogens with zero attached hydrogens (tertiary/aromatic N) is 1. The minimum absolute atomic E-state index is 0.0993. The predicted octanol–water partition coefficient (Wildman–Crippen LogP) is 0.543. The molecule has 6 heteroatoms. The van der Waals surface area contributed by atoms with E-state index in [4.69, 9.17) is 10.5 Å². The Morgan fingerprint density at radius 3 is 3.00 bits per heavy atom. The number of rotatable bonds is 6. The molecule has 1 amide bonds. The maximum atomic E-state index is 11.7. The zero-order chi connectivity index (χ0) is 13.7. The second-order valence-electron chi connectivity index (χ2n) is 4.27. The zero-order valence-corrected chi connectivity index (χ0v) is 10.8. The number of imidazole rings is 1. The van der Waals surface area contributed by atoms with Crippen molar-refractivity contribution in [3.63, 3.8) is 0 Å². The Bertz CT molecular complexity index is 515. The Hall–Kier alpha value is -1.92. The number of ether oxygens (including phenoxy) is 1. The molecule has 0 aliphatic rings. The van der Waals surface area contributed by atoms with Crippen molar-refractivity contribution in [2.45, 2.75) is 19.1 Å². The molecule has 1 aromatic carbocycles. The molecule has 0 radical (unpaired) electrons. The number of carbonyl (C=O) groups is 1. The standard InChI is InChI=1S/C13H18N4O2/c1-19-9(7-14)6-13(18)15-8-12-16-10-4-2-3-5-11(10)17-12/h2-5,9H,6-8,14H2,1H3,(H,15,18)(H,16,17). The average Bonchev–Trinajstić information content (AvgIpc) is 2.85. The van der Waals surface area contributed by atoms with Crippen LogP contribution in [0.5, 0.6) is 0 Å². The molecule has 1 atom stereocenters. The van der Waals surface area contributed by atoms with Crippen LogP contribution in [0.4, 0.5) is 0 Å². The van der Waals surface area contributed by atoms with E-state index in [1.54, 1.807) is 7.11 Å². The molecular formula is C13H18N4O2. The minimum Gasteiger partial charge on any atom is -0.380 e. The lowest BCUT2D eigenvalue weighted by Crippen LogP contribution is -2.32. The number of amides is 1. The van der Waals surface area contributed by atoms with Gasteiger partial charge in [0, 0.05) is 13.7 Å². The molecule has 0 bridgehead atoms. The van der Waals surface area contributed by atoms with Gasteiger partial charge in [-0.05, 0) is 12.1 Å². The Kier molecular flexibility index (Phi) is 4.48. The molecule has 19 heavy (non-hydrogen) atoms. The van der Waals surface area contributed by atoms with Crippen LogP contribution in [0.15, 0.2) is 24.3 Å². The number of methoxy groups -OCH3 is 1. The van der Waals surface area contributed by atoms with Crippen molar-refractivity contribution in [1.29, 1.82) is 0 Å². The van der Waals surface area contributed by atoms with Crippen molar-refractivity contribution in [2.24, 2.45) is 5.73 Å². The summed E-state index contributed by atoms with van der Waals surface area (Å²) in [6, 6.07) is 7.73. The number of hydrogen-bond acceptors (Lipinski definition) is 4. The summed E-state index contributed by atoms with van der Waals surface area (Å²) in [6.07, 6.45) is 0.0171. The fourth-order valence-corrected chi connectivity index (χ4v) is 1.81. The summed E-state index contributed by atoms with van der Waals surface area (Å²) in [7, 11) is 1.55. The second kappa shape index (κ2) is 6.31. The quantitative estimate of drug-likeness (QED) is 0.708. The van der Waals surface area contributed by atoms with Gasteiger partial charge in [0.25, 0.3) is 0 Å². The number of nitrogens with two attached hydrogens (primary N) is 1. The summed E-state index contributed by atoms with van der Waals surface area (Å²) in [5, 5.41) is 2.79. The second-order valence-corrected chi connectivity index (χ2v) is 4.27. The molecule has 0 saturated heterocycles. The first-order chi connectivity index (χ1) is 9.22. The van der Waals surface area contributed by atoms with E-state index in [0.717, 1.165) is 16.9 Å². The van der Waals surface area contributed by atoms with Gasteiger partial charge in [-0.2, -0.15) is 0 Å². The van der Waals surface area contributed by atoms with Crippen LogP contribution in [0.1, 0.15) is 12.2 Å². The van der Waals surface area contributed by atoms with E-state index in [0.29, 0.717) is 13.1 Å². The largest absolute Gasteiger partial charge is 0.380 e. The fraction of sp³-hybridized carbons (Fsp3) is 0.385. The van der Waals surface area contributed by atoms with Gasteiger partial charge in [0.2, 0.25) is 5.91 Å². The Morgan fingerprint density at radius 2 is 2.32 bits per heavy atom. The zero-order valence-electron chi connectivity index (χ0n) is 10.8. The normalized spacial score (nSPS) is 12.5. The summed E-state index contributed by atoms with van der Waals surface area (Å²) in [5.74, 6) is 0.633. The van der Waals surface area contributed by atoms with Crippen molar-refractivity contribution >= 4 is 16.9 Å². The summed E-state index contributed by atoms with van der Waals surface area (Å²) < 4.78 is 5.06. The molecule has 0 spiro atoms. The van der Waals surface area contributed by atoms with Crippen LogP contribution < -0.4 is 11.1 Å². The van der Waals surface area contributed by atoms with Gasteiger partial charge in [0.05, 0.1) is 30.1 Å². The first-order valence-corrected chi connectivity index (χ1v) is 6.16. The van der Waals surface area contributed by atoms with Crippen LogP contribution in [0.25, 0.3) is 11.0 Å². The maximum Gasteiger partial charge on any atom is 0.223 e. The van der Waals surface area contributed by atoms with Gasteiger partial charge in [-0.3, -0.25) is 4.79 Å². The third-order valence-corrected chi connectivity index (χ3v) is 2.90. The van der Waals surface area contributed by atoms with Crippen LogP contribution in [-0.4, -0.2) is 35.6 Å². The van der Waals surface area contributed by atoms with Gasteiger partial charge in [0.1, 0.15) is 5.82 Å². The topological polar surface area (TPSA) is 93.0 Å². The summed E-state index contributed by atoms with van der Waals surface area (Å²) in [5.41, 5.74) is 7.32. The lowest BCUT2D eigenvalue weighted by molar-refractivity contribution is -0.123. The third-order valence-electron chi connectivity index (χ3n) is 2.90. The number of hydrogen-bond donors (Lipinski definition) is 3. The van der Waals surface area contributed by atoms with Crippen LogP contribution in [0.2, 0.25) is 0 Å². The number of nitrogens with one attached hydrogen (secondary N) is 2. The van der Waals surface area contributed by atoms with Crippen LogP contribution in [0.3, 0.4) is 0 Å². The fourth-order valence-electron chi connectivity index (χ4n) is 1.81. The molecule has 4 N–H and O–H groups in total. The molecule has 1 aromatic heterocycles. The first kappa shape index (κ1) is 13.5. The molecule has 2 rings (SSSR count). The molecule has 1 heterocycles. The van der Waals surface area contributed by atoms with Gasteiger partial charge in [-0.1, -0.05) is 12.1 Å². The van der Waals surface area contributed by atoms with Crippen LogP contribution >= 0.6 is 0 Å². The van der Waals surface area contributed by atoms with E-state index in [2.05, 4.69) is 15.3 Å².